The molecule has 0 N–H and O–H groups in total. The smallest absolute Gasteiger partial charge is 0.0485 e. The minimum atomic E-state index is 1.11. The zero-order valence-electron chi connectivity index (χ0n) is 9.39. The third-order valence-corrected chi connectivity index (χ3v) is 3.29. The van der Waals surface area contributed by atoms with E-state index in [4.69, 9.17) is 0 Å². The van der Waals surface area contributed by atoms with Gasteiger partial charge in [0.25, 0.3) is 0 Å². The molecule has 0 aliphatic rings. The molecule has 2 aromatic rings. The van der Waals surface area contributed by atoms with E-state index in [0.717, 1.165) is 6.42 Å². The van der Waals surface area contributed by atoms with E-state index in [-0.39, 0.29) is 0 Å². The maximum Gasteiger partial charge on any atom is 0.0485 e. The molecule has 1 heteroatoms. The van der Waals surface area contributed by atoms with Crippen molar-refractivity contribution in [2.75, 3.05) is 0 Å². The largest absolute Gasteiger partial charge is 0.348 e. The van der Waals surface area contributed by atoms with Gasteiger partial charge >= 0.3 is 0 Å². The molecule has 0 saturated heterocycles. The Kier molecular flexibility index (Phi) is 2.10. The fourth-order valence-corrected chi connectivity index (χ4v) is 2.21. The number of fused-ring (bicyclic) bond motifs is 1. The van der Waals surface area contributed by atoms with Gasteiger partial charge in [0.05, 0.1) is 0 Å². The molecule has 1 nitrogen and oxygen atoms in total. The van der Waals surface area contributed by atoms with E-state index in [1.807, 2.05) is 0 Å². The van der Waals surface area contributed by atoms with Gasteiger partial charge in [0.15, 0.2) is 0 Å². The fourth-order valence-electron chi connectivity index (χ4n) is 2.21. The standard InChI is InChI=1S/C13H17N/c1-5-11-7-6-8-12-13(11)9(2)10(3)14(12)4/h6-8H,5H2,1-4H3. The van der Waals surface area contributed by atoms with Crippen LogP contribution in [-0.4, -0.2) is 4.57 Å². The number of benzene rings is 1. The summed E-state index contributed by atoms with van der Waals surface area (Å²) in [5.41, 5.74) is 5.63. The maximum atomic E-state index is 2.28. The van der Waals surface area contributed by atoms with Crippen LogP contribution in [-0.2, 0) is 13.5 Å². The average Bonchev–Trinajstić information content (AvgIpc) is 2.44. The molecule has 0 atom stereocenters. The summed E-state index contributed by atoms with van der Waals surface area (Å²) in [6.07, 6.45) is 1.11. The van der Waals surface area contributed by atoms with E-state index >= 15 is 0 Å². The highest BCUT2D eigenvalue weighted by molar-refractivity contribution is 5.88. The summed E-state index contributed by atoms with van der Waals surface area (Å²) >= 11 is 0. The third-order valence-electron chi connectivity index (χ3n) is 3.29. The van der Waals surface area contributed by atoms with Crippen molar-refractivity contribution < 1.29 is 0 Å². The lowest BCUT2D eigenvalue weighted by Crippen LogP contribution is -1.89. The predicted molar refractivity (Wildman–Crippen MR) is 61.8 cm³/mol. The Morgan fingerprint density at radius 2 is 1.93 bits per heavy atom. The number of hydrogen-bond donors (Lipinski definition) is 0. The molecule has 1 heterocycles. The Morgan fingerprint density at radius 1 is 1.21 bits per heavy atom. The molecule has 0 radical (unpaired) electrons. The Balaban J connectivity index is 2.94. The predicted octanol–water partition coefficient (Wildman–Crippen LogP) is 3.36. The van der Waals surface area contributed by atoms with Crippen molar-refractivity contribution in [2.24, 2.45) is 7.05 Å². The minimum absolute atomic E-state index is 1.11. The van der Waals surface area contributed by atoms with Crippen molar-refractivity contribution in [1.82, 2.24) is 4.57 Å². The highest BCUT2D eigenvalue weighted by atomic mass is 14.9. The quantitative estimate of drug-likeness (QED) is 0.645. The molecule has 1 aromatic carbocycles. The molecule has 0 fully saturated rings. The summed E-state index contributed by atoms with van der Waals surface area (Å²) in [6, 6.07) is 6.59. The lowest BCUT2D eigenvalue weighted by molar-refractivity contribution is 0.910. The van der Waals surface area contributed by atoms with E-state index in [0.29, 0.717) is 0 Å². The summed E-state index contributed by atoms with van der Waals surface area (Å²) < 4.78 is 2.28. The molecule has 0 aliphatic heterocycles. The highest BCUT2D eigenvalue weighted by Crippen LogP contribution is 2.27. The first-order valence-corrected chi connectivity index (χ1v) is 5.20. The Labute approximate surface area is 85.4 Å². The van der Waals surface area contributed by atoms with Gasteiger partial charge in [0, 0.05) is 23.6 Å². The molecule has 14 heavy (non-hydrogen) atoms. The van der Waals surface area contributed by atoms with Crippen LogP contribution < -0.4 is 0 Å². The van der Waals surface area contributed by atoms with Gasteiger partial charge in [-0.25, -0.2) is 0 Å². The summed E-state index contributed by atoms with van der Waals surface area (Å²) in [4.78, 5) is 0. The van der Waals surface area contributed by atoms with Gasteiger partial charge in [-0.15, -0.1) is 0 Å². The normalized spacial score (nSPS) is 11.1. The summed E-state index contributed by atoms with van der Waals surface area (Å²) in [5.74, 6) is 0. The summed E-state index contributed by atoms with van der Waals surface area (Å²) in [5, 5.41) is 1.45. The lowest BCUT2D eigenvalue weighted by Gasteiger charge is -2.01. The van der Waals surface area contributed by atoms with Crippen LogP contribution in [0.3, 0.4) is 0 Å². The number of hydrogen-bond acceptors (Lipinski definition) is 0. The number of nitrogens with zero attached hydrogens (tertiary/aromatic N) is 1. The van der Waals surface area contributed by atoms with Crippen LogP contribution in [0.25, 0.3) is 10.9 Å². The van der Waals surface area contributed by atoms with Gasteiger partial charge in [0.2, 0.25) is 0 Å². The molecule has 1 aromatic heterocycles. The van der Waals surface area contributed by atoms with Gasteiger partial charge in [-0.1, -0.05) is 19.1 Å². The first kappa shape index (κ1) is 9.32. The number of rotatable bonds is 1. The fraction of sp³-hybridized carbons (Fsp3) is 0.385. The minimum Gasteiger partial charge on any atom is -0.348 e. The van der Waals surface area contributed by atoms with Gasteiger partial charge in [0.1, 0.15) is 0 Å². The molecule has 0 saturated carbocycles. The van der Waals surface area contributed by atoms with Crippen molar-refractivity contribution in [3.8, 4) is 0 Å². The molecule has 74 valence electrons. The van der Waals surface area contributed by atoms with E-state index < -0.39 is 0 Å². The maximum absolute atomic E-state index is 2.28. The van der Waals surface area contributed by atoms with Crippen LogP contribution in [0.1, 0.15) is 23.7 Å². The zero-order valence-corrected chi connectivity index (χ0v) is 9.39. The molecule has 0 bridgehead atoms. The molecule has 0 spiro atoms. The highest BCUT2D eigenvalue weighted by Gasteiger charge is 2.09. The topological polar surface area (TPSA) is 4.93 Å². The molecule has 0 amide bonds. The third kappa shape index (κ3) is 1.08. The Bertz CT molecular complexity index is 477. The van der Waals surface area contributed by atoms with Crippen LogP contribution >= 0.6 is 0 Å². The van der Waals surface area contributed by atoms with Gasteiger partial charge in [-0.2, -0.15) is 0 Å². The van der Waals surface area contributed by atoms with Gasteiger partial charge in [-0.05, 0) is 37.5 Å². The zero-order chi connectivity index (χ0) is 10.3. The van der Waals surface area contributed by atoms with Crippen molar-refractivity contribution in [1.29, 1.82) is 0 Å². The Morgan fingerprint density at radius 3 is 2.57 bits per heavy atom. The van der Waals surface area contributed by atoms with Crippen LogP contribution in [0.2, 0.25) is 0 Å². The van der Waals surface area contributed by atoms with Crippen molar-refractivity contribution in [3.05, 3.63) is 35.0 Å². The summed E-state index contributed by atoms with van der Waals surface area (Å²) in [6.45, 7) is 6.63. The van der Waals surface area contributed by atoms with E-state index in [1.165, 1.54) is 27.7 Å². The molecule has 0 unspecified atom stereocenters. The SMILES string of the molecule is CCc1cccc2c1c(C)c(C)n2C. The monoisotopic (exact) mass is 187 g/mol. The van der Waals surface area contributed by atoms with Crippen LogP contribution in [0, 0.1) is 13.8 Å². The van der Waals surface area contributed by atoms with Gasteiger partial charge in [-0.3, -0.25) is 0 Å². The van der Waals surface area contributed by atoms with Crippen LogP contribution in [0.15, 0.2) is 18.2 Å². The van der Waals surface area contributed by atoms with Crippen molar-refractivity contribution in [2.45, 2.75) is 27.2 Å². The van der Waals surface area contributed by atoms with E-state index in [2.05, 4.69) is 50.6 Å². The van der Waals surface area contributed by atoms with Crippen molar-refractivity contribution in [3.63, 3.8) is 0 Å². The molecular formula is C13H17N. The number of aryl methyl sites for hydroxylation is 3. The van der Waals surface area contributed by atoms with Crippen LogP contribution in [0.4, 0.5) is 0 Å². The molecule has 2 rings (SSSR count). The van der Waals surface area contributed by atoms with E-state index in [9.17, 15) is 0 Å². The van der Waals surface area contributed by atoms with Crippen LogP contribution in [0.5, 0.6) is 0 Å². The Hall–Kier alpha value is -1.24. The number of aromatic nitrogens is 1. The first-order chi connectivity index (χ1) is 6.66. The second-order valence-electron chi connectivity index (χ2n) is 3.93. The summed E-state index contributed by atoms with van der Waals surface area (Å²) in [7, 11) is 2.14. The van der Waals surface area contributed by atoms with Crippen molar-refractivity contribution >= 4 is 10.9 Å². The first-order valence-electron chi connectivity index (χ1n) is 5.20. The lowest BCUT2D eigenvalue weighted by atomic mass is 10.0. The molecular weight excluding hydrogens is 170 g/mol. The average molecular weight is 187 g/mol. The molecule has 0 aliphatic carbocycles. The van der Waals surface area contributed by atoms with Gasteiger partial charge < -0.3 is 4.57 Å². The second-order valence-corrected chi connectivity index (χ2v) is 3.93. The van der Waals surface area contributed by atoms with E-state index in [1.54, 1.807) is 0 Å². The second kappa shape index (κ2) is 3.16.